The van der Waals surface area contributed by atoms with Crippen molar-refractivity contribution >= 4 is 5.91 Å². The van der Waals surface area contributed by atoms with Gasteiger partial charge in [0.05, 0.1) is 20.3 Å². The maximum absolute atomic E-state index is 12.6. The third kappa shape index (κ3) is 4.98. The lowest BCUT2D eigenvalue weighted by molar-refractivity contribution is -0.133. The number of carbonyl (C=O) groups is 1. The van der Waals surface area contributed by atoms with Crippen LogP contribution in [0, 0.1) is 5.92 Å². The molecule has 2 aliphatic rings. The van der Waals surface area contributed by atoms with Gasteiger partial charge in [-0.2, -0.15) is 0 Å². The molecule has 2 heterocycles. The fourth-order valence-corrected chi connectivity index (χ4v) is 4.15. The first-order valence-corrected chi connectivity index (χ1v) is 9.90. The summed E-state index contributed by atoms with van der Waals surface area (Å²) in [6, 6.07) is 8.59. The molecular weight excluding hydrogens is 328 g/mol. The van der Waals surface area contributed by atoms with Crippen LogP contribution in [0.5, 0.6) is 5.75 Å². The van der Waals surface area contributed by atoms with Crippen LogP contribution in [0.3, 0.4) is 0 Å². The van der Waals surface area contributed by atoms with Gasteiger partial charge in [-0.1, -0.05) is 12.1 Å². The molecule has 1 aromatic carbocycles. The molecule has 1 atom stereocenters. The van der Waals surface area contributed by atoms with E-state index in [1.165, 1.54) is 0 Å². The van der Waals surface area contributed by atoms with E-state index < -0.39 is 0 Å². The van der Waals surface area contributed by atoms with Gasteiger partial charge in [0.1, 0.15) is 5.75 Å². The van der Waals surface area contributed by atoms with Crippen molar-refractivity contribution in [1.29, 1.82) is 0 Å². The quantitative estimate of drug-likeness (QED) is 0.782. The Morgan fingerprint density at radius 2 is 1.96 bits per heavy atom. The van der Waals surface area contributed by atoms with E-state index >= 15 is 0 Å². The molecule has 0 saturated carbocycles. The fourth-order valence-electron chi connectivity index (χ4n) is 4.15. The molecule has 26 heavy (non-hydrogen) atoms. The molecular formula is C21H32N2O3. The summed E-state index contributed by atoms with van der Waals surface area (Å²) in [6.07, 6.45) is 3.59. The normalized spacial score (nSPS) is 20.8. The van der Waals surface area contributed by atoms with Crippen molar-refractivity contribution in [3.05, 3.63) is 29.8 Å². The number of rotatable bonds is 6. The van der Waals surface area contributed by atoms with E-state index in [-0.39, 0.29) is 5.91 Å². The summed E-state index contributed by atoms with van der Waals surface area (Å²) < 4.78 is 10.7. The number of piperidine rings is 1. The maximum atomic E-state index is 12.6. The zero-order valence-corrected chi connectivity index (χ0v) is 16.2. The second-order valence-corrected chi connectivity index (χ2v) is 7.46. The van der Waals surface area contributed by atoms with Gasteiger partial charge in [0, 0.05) is 38.6 Å². The topological polar surface area (TPSA) is 42.0 Å². The molecule has 1 amide bonds. The number of carbonyl (C=O) groups excluding carboxylic acids is 1. The molecule has 5 heteroatoms. The molecule has 0 N–H and O–H groups in total. The van der Waals surface area contributed by atoms with Crippen molar-refractivity contribution in [1.82, 2.24) is 9.80 Å². The van der Waals surface area contributed by atoms with E-state index in [1.54, 1.807) is 7.11 Å². The highest BCUT2D eigenvalue weighted by Gasteiger charge is 2.29. The summed E-state index contributed by atoms with van der Waals surface area (Å²) in [6.45, 7) is 7.93. The van der Waals surface area contributed by atoms with E-state index in [9.17, 15) is 4.79 Å². The van der Waals surface area contributed by atoms with Crippen molar-refractivity contribution in [2.75, 3.05) is 46.5 Å². The molecule has 2 saturated heterocycles. The summed E-state index contributed by atoms with van der Waals surface area (Å²) in [7, 11) is 1.67. The van der Waals surface area contributed by atoms with Crippen LogP contribution < -0.4 is 4.74 Å². The highest BCUT2D eigenvalue weighted by molar-refractivity contribution is 5.76. The SMILES string of the molecule is COc1cccc(CCC(=O)N2CCC(C(C)N3CCOCC3)CC2)c1. The highest BCUT2D eigenvalue weighted by atomic mass is 16.5. The Hall–Kier alpha value is -1.59. The Morgan fingerprint density at radius 1 is 1.23 bits per heavy atom. The molecule has 0 aromatic heterocycles. The molecule has 2 aliphatic heterocycles. The van der Waals surface area contributed by atoms with E-state index in [4.69, 9.17) is 9.47 Å². The van der Waals surface area contributed by atoms with Crippen LogP contribution in [-0.2, 0) is 16.0 Å². The molecule has 3 rings (SSSR count). The number of benzene rings is 1. The number of hydrogen-bond acceptors (Lipinski definition) is 4. The number of hydrogen-bond donors (Lipinski definition) is 0. The van der Waals surface area contributed by atoms with E-state index in [0.717, 1.165) is 70.0 Å². The number of aryl methyl sites for hydroxylation is 1. The first-order chi connectivity index (χ1) is 12.7. The first kappa shape index (κ1) is 19.2. The van der Waals surface area contributed by atoms with Gasteiger partial charge >= 0.3 is 0 Å². The van der Waals surface area contributed by atoms with E-state index in [0.29, 0.717) is 18.4 Å². The lowest BCUT2D eigenvalue weighted by Crippen LogP contribution is -2.49. The van der Waals surface area contributed by atoms with Crippen LogP contribution >= 0.6 is 0 Å². The lowest BCUT2D eigenvalue weighted by atomic mass is 9.89. The molecule has 144 valence electrons. The average molecular weight is 360 g/mol. The van der Waals surface area contributed by atoms with E-state index in [2.05, 4.69) is 22.8 Å². The third-order valence-corrected chi connectivity index (χ3v) is 5.96. The van der Waals surface area contributed by atoms with Gasteiger partial charge in [0.25, 0.3) is 0 Å². The standard InChI is InChI=1S/C21H32N2O3/c1-17(22-12-14-26-15-13-22)19-8-10-23(11-9-19)21(24)7-6-18-4-3-5-20(16-18)25-2/h3-5,16-17,19H,6-15H2,1-2H3. The summed E-state index contributed by atoms with van der Waals surface area (Å²) >= 11 is 0. The minimum absolute atomic E-state index is 0.283. The van der Waals surface area contributed by atoms with Crippen molar-refractivity contribution in [2.24, 2.45) is 5.92 Å². The molecule has 1 unspecified atom stereocenters. The predicted molar refractivity (Wildman–Crippen MR) is 102 cm³/mol. The van der Waals surface area contributed by atoms with Crippen molar-refractivity contribution < 1.29 is 14.3 Å². The zero-order valence-electron chi connectivity index (χ0n) is 16.2. The van der Waals surface area contributed by atoms with Crippen molar-refractivity contribution in [2.45, 2.75) is 38.6 Å². The maximum Gasteiger partial charge on any atom is 0.222 e. The monoisotopic (exact) mass is 360 g/mol. The predicted octanol–water partition coefficient (Wildman–Crippen LogP) is 2.59. The highest BCUT2D eigenvalue weighted by Crippen LogP contribution is 2.25. The number of ether oxygens (including phenoxy) is 2. The fraction of sp³-hybridized carbons (Fsp3) is 0.667. The van der Waals surface area contributed by atoms with E-state index in [1.807, 2.05) is 18.2 Å². The molecule has 0 aliphatic carbocycles. The third-order valence-electron chi connectivity index (χ3n) is 5.96. The first-order valence-electron chi connectivity index (χ1n) is 9.90. The smallest absolute Gasteiger partial charge is 0.222 e. The van der Waals surface area contributed by atoms with Crippen molar-refractivity contribution in [3.63, 3.8) is 0 Å². The molecule has 0 radical (unpaired) electrons. The van der Waals surface area contributed by atoms with Crippen LogP contribution in [0.1, 0.15) is 31.7 Å². The minimum atomic E-state index is 0.283. The number of nitrogens with zero attached hydrogens (tertiary/aromatic N) is 2. The Balaban J connectivity index is 1.42. The van der Waals surface area contributed by atoms with Gasteiger partial charge in [-0.3, -0.25) is 9.69 Å². The van der Waals surface area contributed by atoms with Gasteiger partial charge in [-0.05, 0) is 49.8 Å². The number of likely N-dealkylation sites (tertiary alicyclic amines) is 1. The number of morpholine rings is 1. The minimum Gasteiger partial charge on any atom is -0.497 e. The summed E-state index contributed by atoms with van der Waals surface area (Å²) in [5, 5.41) is 0. The second kappa shape index (κ2) is 9.38. The lowest BCUT2D eigenvalue weighted by Gasteiger charge is -2.41. The summed E-state index contributed by atoms with van der Waals surface area (Å²) in [4.78, 5) is 17.2. The molecule has 5 nitrogen and oxygen atoms in total. The van der Waals surface area contributed by atoms with Gasteiger partial charge in [0.15, 0.2) is 0 Å². The van der Waals surface area contributed by atoms with Crippen molar-refractivity contribution in [3.8, 4) is 5.75 Å². The molecule has 0 bridgehead atoms. The molecule has 0 spiro atoms. The van der Waals surface area contributed by atoms with Crippen LogP contribution in [0.2, 0.25) is 0 Å². The van der Waals surface area contributed by atoms with Crippen LogP contribution in [0.4, 0.5) is 0 Å². The molecule has 1 aromatic rings. The Bertz CT molecular complexity index is 578. The molecule has 2 fully saturated rings. The zero-order chi connectivity index (χ0) is 18.4. The van der Waals surface area contributed by atoms with Crippen LogP contribution in [0.15, 0.2) is 24.3 Å². The number of amides is 1. The van der Waals surface area contributed by atoms with Crippen LogP contribution in [0.25, 0.3) is 0 Å². The summed E-state index contributed by atoms with van der Waals surface area (Å²) in [5.41, 5.74) is 1.16. The van der Waals surface area contributed by atoms with Crippen LogP contribution in [-0.4, -0.2) is 68.3 Å². The largest absolute Gasteiger partial charge is 0.497 e. The Morgan fingerprint density at radius 3 is 2.65 bits per heavy atom. The second-order valence-electron chi connectivity index (χ2n) is 7.46. The Kier molecular flexibility index (Phi) is 6.92. The van der Waals surface area contributed by atoms with Gasteiger partial charge in [-0.15, -0.1) is 0 Å². The summed E-state index contributed by atoms with van der Waals surface area (Å²) in [5.74, 6) is 1.83. The average Bonchev–Trinajstić information content (AvgIpc) is 2.72. The van der Waals surface area contributed by atoms with Gasteiger partial charge in [-0.25, -0.2) is 0 Å². The van der Waals surface area contributed by atoms with Gasteiger partial charge in [0.2, 0.25) is 5.91 Å². The van der Waals surface area contributed by atoms with Gasteiger partial charge < -0.3 is 14.4 Å². The number of methoxy groups -OCH3 is 1. The Labute approximate surface area is 157 Å².